The highest BCUT2D eigenvalue weighted by atomic mass is 32.2. The second-order valence-corrected chi connectivity index (χ2v) is 6.47. The molecule has 3 nitrogen and oxygen atoms in total. The molecule has 0 aliphatic rings. The summed E-state index contributed by atoms with van der Waals surface area (Å²) in [5.74, 6) is -0.480. The molecule has 3 rings (SSSR count). The fourth-order valence-electron chi connectivity index (χ4n) is 2.02. The molecule has 0 atom stereocenters. The van der Waals surface area contributed by atoms with Gasteiger partial charge in [0.25, 0.3) is 5.91 Å². The van der Waals surface area contributed by atoms with Crippen LogP contribution >= 0.6 is 23.1 Å². The molecule has 0 spiro atoms. The van der Waals surface area contributed by atoms with Gasteiger partial charge in [-0.15, -0.1) is 23.1 Å². The van der Waals surface area contributed by atoms with Gasteiger partial charge in [-0.25, -0.2) is 9.37 Å². The zero-order valence-electron chi connectivity index (χ0n) is 12.2. The van der Waals surface area contributed by atoms with Crippen molar-refractivity contribution in [3.63, 3.8) is 0 Å². The van der Waals surface area contributed by atoms with E-state index in [2.05, 4.69) is 10.3 Å². The Hall–Kier alpha value is -2.18. The van der Waals surface area contributed by atoms with Gasteiger partial charge in [-0.05, 0) is 48.7 Å². The van der Waals surface area contributed by atoms with E-state index in [0.717, 1.165) is 10.5 Å². The Morgan fingerprint density at radius 2 is 2.00 bits per heavy atom. The van der Waals surface area contributed by atoms with E-state index in [0.29, 0.717) is 16.4 Å². The number of thiazole rings is 1. The average Bonchev–Trinajstić information content (AvgIpc) is 3.04. The van der Waals surface area contributed by atoms with E-state index in [-0.39, 0.29) is 11.7 Å². The summed E-state index contributed by atoms with van der Waals surface area (Å²) in [7, 11) is 0. The quantitative estimate of drug-likeness (QED) is 0.683. The van der Waals surface area contributed by atoms with Gasteiger partial charge in [0.05, 0.1) is 5.69 Å². The van der Waals surface area contributed by atoms with Crippen molar-refractivity contribution in [1.29, 1.82) is 0 Å². The number of carbonyl (C=O) groups excluding carboxylic acids is 1. The molecule has 0 saturated carbocycles. The van der Waals surface area contributed by atoms with Crippen LogP contribution in [0.5, 0.6) is 0 Å². The van der Waals surface area contributed by atoms with Crippen LogP contribution in [0.1, 0.15) is 10.4 Å². The number of halogens is 1. The summed E-state index contributed by atoms with van der Waals surface area (Å²) in [6.07, 6.45) is 1.97. The summed E-state index contributed by atoms with van der Waals surface area (Å²) >= 11 is 2.93. The highest BCUT2D eigenvalue weighted by Crippen LogP contribution is 2.25. The predicted octanol–water partition coefficient (Wildman–Crippen LogP) is 4.92. The van der Waals surface area contributed by atoms with Gasteiger partial charge in [-0.3, -0.25) is 10.1 Å². The highest BCUT2D eigenvalue weighted by Gasteiger charge is 2.10. The van der Waals surface area contributed by atoms with E-state index >= 15 is 0 Å². The van der Waals surface area contributed by atoms with E-state index in [9.17, 15) is 9.18 Å². The van der Waals surface area contributed by atoms with Crippen LogP contribution < -0.4 is 5.32 Å². The van der Waals surface area contributed by atoms with Gasteiger partial charge in [0.2, 0.25) is 0 Å². The lowest BCUT2D eigenvalue weighted by Gasteiger charge is -2.03. The minimum atomic E-state index is -0.286. The Kier molecular flexibility index (Phi) is 4.73. The molecule has 116 valence electrons. The Morgan fingerprint density at radius 1 is 1.22 bits per heavy atom. The third-order valence-corrected chi connectivity index (χ3v) is 4.68. The third kappa shape index (κ3) is 3.78. The number of thioether (sulfide) groups is 1. The predicted molar refractivity (Wildman–Crippen MR) is 93.7 cm³/mol. The van der Waals surface area contributed by atoms with Gasteiger partial charge in [-0.1, -0.05) is 6.07 Å². The molecule has 1 N–H and O–H groups in total. The minimum absolute atomic E-state index is 0.194. The van der Waals surface area contributed by atoms with Crippen LogP contribution in [-0.4, -0.2) is 17.1 Å². The number of amides is 1. The first-order valence-corrected chi connectivity index (χ1v) is 8.93. The Labute approximate surface area is 141 Å². The highest BCUT2D eigenvalue weighted by molar-refractivity contribution is 7.98. The summed E-state index contributed by atoms with van der Waals surface area (Å²) < 4.78 is 13.0. The molecule has 2 aromatic carbocycles. The lowest BCUT2D eigenvalue weighted by Crippen LogP contribution is -2.11. The molecule has 0 saturated heterocycles. The van der Waals surface area contributed by atoms with Gasteiger partial charge in [0.1, 0.15) is 5.82 Å². The summed E-state index contributed by atoms with van der Waals surface area (Å²) in [5, 5.41) is 5.15. The van der Waals surface area contributed by atoms with Crippen molar-refractivity contribution in [1.82, 2.24) is 4.98 Å². The zero-order chi connectivity index (χ0) is 16.2. The number of hydrogen-bond acceptors (Lipinski definition) is 4. The van der Waals surface area contributed by atoms with Crippen LogP contribution in [0.15, 0.2) is 58.8 Å². The molecule has 0 bridgehead atoms. The largest absolute Gasteiger partial charge is 0.298 e. The van der Waals surface area contributed by atoms with Crippen LogP contribution in [0.4, 0.5) is 9.52 Å². The van der Waals surface area contributed by atoms with Crippen LogP contribution in [0.25, 0.3) is 11.3 Å². The topological polar surface area (TPSA) is 42.0 Å². The molecule has 1 heterocycles. The van der Waals surface area contributed by atoms with Gasteiger partial charge in [0.15, 0.2) is 5.13 Å². The normalized spacial score (nSPS) is 10.5. The Balaban J connectivity index is 1.75. The van der Waals surface area contributed by atoms with Crippen molar-refractivity contribution in [2.45, 2.75) is 4.90 Å². The lowest BCUT2D eigenvalue weighted by atomic mass is 10.2. The maximum absolute atomic E-state index is 13.0. The maximum atomic E-state index is 13.0. The number of rotatable bonds is 4. The standard InChI is InChI=1S/C17H13FN2OS2/c1-22-14-4-2-3-12(9-14)16(21)20-17-19-15(10-23-17)11-5-7-13(18)8-6-11/h2-10H,1H3,(H,19,20,21). The molecular formula is C17H13FN2OS2. The van der Waals surface area contributed by atoms with Crippen LogP contribution in [0.3, 0.4) is 0 Å². The number of benzene rings is 2. The van der Waals surface area contributed by atoms with E-state index in [1.807, 2.05) is 29.8 Å². The molecule has 0 radical (unpaired) electrons. The first-order valence-electron chi connectivity index (χ1n) is 6.82. The van der Waals surface area contributed by atoms with E-state index in [4.69, 9.17) is 0 Å². The minimum Gasteiger partial charge on any atom is -0.298 e. The third-order valence-electron chi connectivity index (χ3n) is 3.20. The van der Waals surface area contributed by atoms with Gasteiger partial charge in [-0.2, -0.15) is 0 Å². The Morgan fingerprint density at radius 3 is 2.74 bits per heavy atom. The summed E-state index contributed by atoms with van der Waals surface area (Å²) in [6, 6.07) is 13.5. The van der Waals surface area contributed by atoms with Crippen LogP contribution in [0.2, 0.25) is 0 Å². The fourth-order valence-corrected chi connectivity index (χ4v) is 3.19. The molecule has 0 unspecified atom stereocenters. The number of nitrogens with one attached hydrogen (secondary N) is 1. The van der Waals surface area contributed by atoms with Crippen molar-refractivity contribution >= 4 is 34.1 Å². The summed E-state index contributed by atoms with van der Waals surface area (Å²) in [6.45, 7) is 0. The first-order chi connectivity index (χ1) is 11.2. The van der Waals surface area contributed by atoms with E-state index in [1.54, 1.807) is 30.0 Å². The summed E-state index contributed by atoms with van der Waals surface area (Å²) in [4.78, 5) is 17.7. The maximum Gasteiger partial charge on any atom is 0.257 e. The van der Waals surface area contributed by atoms with Gasteiger partial charge >= 0.3 is 0 Å². The number of anilines is 1. The summed E-state index contributed by atoms with van der Waals surface area (Å²) in [5.41, 5.74) is 2.12. The van der Waals surface area contributed by atoms with E-state index < -0.39 is 0 Å². The van der Waals surface area contributed by atoms with Gasteiger partial charge < -0.3 is 0 Å². The van der Waals surface area contributed by atoms with Crippen LogP contribution in [-0.2, 0) is 0 Å². The number of aromatic nitrogens is 1. The van der Waals surface area contributed by atoms with Crippen LogP contribution in [0, 0.1) is 5.82 Å². The molecule has 23 heavy (non-hydrogen) atoms. The van der Waals surface area contributed by atoms with Crippen molar-refractivity contribution in [3.05, 3.63) is 65.3 Å². The van der Waals surface area contributed by atoms with Crippen molar-refractivity contribution in [2.75, 3.05) is 11.6 Å². The Bertz CT molecular complexity index is 831. The first kappa shape index (κ1) is 15.7. The molecule has 3 aromatic rings. The van der Waals surface area contributed by atoms with Gasteiger partial charge in [0, 0.05) is 21.4 Å². The fraction of sp³-hybridized carbons (Fsp3) is 0.0588. The smallest absolute Gasteiger partial charge is 0.257 e. The SMILES string of the molecule is CSc1cccc(C(=O)Nc2nc(-c3ccc(F)cc3)cs2)c1. The molecule has 0 fully saturated rings. The van der Waals surface area contributed by atoms with Crippen molar-refractivity contribution < 1.29 is 9.18 Å². The zero-order valence-corrected chi connectivity index (χ0v) is 13.9. The molecule has 0 aliphatic carbocycles. The van der Waals surface area contributed by atoms with Crippen molar-refractivity contribution in [2.24, 2.45) is 0 Å². The number of nitrogens with zero attached hydrogens (tertiary/aromatic N) is 1. The number of hydrogen-bond donors (Lipinski definition) is 1. The lowest BCUT2D eigenvalue weighted by molar-refractivity contribution is 0.102. The van der Waals surface area contributed by atoms with Crippen molar-refractivity contribution in [3.8, 4) is 11.3 Å². The second-order valence-electron chi connectivity index (χ2n) is 4.73. The number of carbonyl (C=O) groups is 1. The second kappa shape index (κ2) is 6.93. The molecule has 1 amide bonds. The average molecular weight is 344 g/mol. The molecule has 1 aromatic heterocycles. The van der Waals surface area contributed by atoms with E-state index in [1.165, 1.54) is 23.5 Å². The molecular weight excluding hydrogens is 331 g/mol. The monoisotopic (exact) mass is 344 g/mol. The molecule has 6 heteroatoms. The molecule has 0 aliphatic heterocycles.